The average molecular weight is 523 g/mol. The number of rotatable bonds is 10. The Hall–Kier alpha value is -2.95. The summed E-state index contributed by atoms with van der Waals surface area (Å²) >= 11 is 0. The van der Waals surface area contributed by atoms with Gasteiger partial charge in [-0.15, -0.1) is 0 Å². The van der Waals surface area contributed by atoms with Crippen molar-refractivity contribution in [3.05, 3.63) is 68.5 Å². The number of nitrogens with two attached hydrogens (primary N) is 1. The number of carboxylic acids is 1. The molecular weight excluding hydrogens is 492 g/mol. The van der Waals surface area contributed by atoms with E-state index in [2.05, 4.69) is 10.3 Å². The number of nitrogens with zero attached hydrogens (tertiary/aromatic N) is 1. The molecule has 2 aliphatic rings. The normalized spacial score (nSPS) is 30.4. The number of aromatic amines is 1. The van der Waals surface area contributed by atoms with Gasteiger partial charge in [0.25, 0.3) is 5.56 Å². The molecule has 0 unspecified atom stereocenters. The van der Waals surface area contributed by atoms with Crippen LogP contribution < -0.4 is 22.3 Å². The molecule has 0 spiro atoms. The van der Waals surface area contributed by atoms with Gasteiger partial charge in [-0.1, -0.05) is 12.1 Å². The Bertz CT molecular complexity index is 1190. The predicted octanol–water partition coefficient (Wildman–Crippen LogP) is -2.54. The van der Waals surface area contributed by atoms with E-state index in [1.807, 2.05) is 0 Å². The van der Waals surface area contributed by atoms with Crippen molar-refractivity contribution in [2.24, 2.45) is 5.73 Å². The standard InChI is InChI=1S/C23H30N4O10/c24-8-15-18(30)19(31)22(36-15)37-16(10-25-9-11-1-3-12(4-2-11)21(32)33)14-7-13(28)20(35-14)27-6-5-17(29)26-23(27)34/h1-6,13-16,18-20,22,25,28,30-31H,7-10,24H2,(H,32,33)(H,26,29,34)/t13-,14+,15-,16+,18-,19-,20-,22+/m1/s1. The molecule has 1 aromatic heterocycles. The van der Waals surface area contributed by atoms with Gasteiger partial charge in [-0.25, -0.2) is 9.59 Å². The summed E-state index contributed by atoms with van der Waals surface area (Å²) in [7, 11) is 0. The number of hydrogen-bond acceptors (Lipinski definition) is 11. The van der Waals surface area contributed by atoms with Gasteiger partial charge in [0.15, 0.2) is 12.5 Å². The molecule has 2 aliphatic heterocycles. The minimum Gasteiger partial charge on any atom is -0.478 e. The summed E-state index contributed by atoms with van der Waals surface area (Å²) in [5.74, 6) is -1.03. The van der Waals surface area contributed by atoms with E-state index in [1.54, 1.807) is 12.1 Å². The van der Waals surface area contributed by atoms with Crippen molar-refractivity contribution in [2.45, 2.75) is 62.1 Å². The molecule has 8 atom stereocenters. The first-order valence-electron chi connectivity index (χ1n) is 11.7. The summed E-state index contributed by atoms with van der Waals surface area (Å²) in [6.45, 7) is 0.435. The minimum absolute atomic E-state index is 0.0385. The highest BCUT2D eigenvalue weighted by Crippen LogP contribution is 2.32. The summed E-state index contributed by atoms with van der Waals surface area (Å²) in [5.41, 5.74) is 5.20. The van der Waals surface area contributed by atoms with E-state index < -0.39 is 66.4 Å². The number of aromatic carboxylic acids is 1. The molecule has 0 saturated carbocycles. The molecule has 0 amide bonds. The molecule has 1 aromatic carbocycles. The highest BCUT2D eigenvalue weighted by molar-refractivity contribution is 5.87. The van der Waals surface area contributed by atoms with Gasteiger partial charge in [0.05, 0.1) is 17.8 Å². The zero-order valence-electron chi connectivity index (χ0n) is 19.7. The fourth-order valence-electron chi connectivity index (χ4n) is 4.38. The molecular formula is C23H30N4O10. The number of hydrogen-bond donors (Lipinski definition) is 7. The summed E-state index contributed by atoms with van der Waals surface area (Å²) < 4.78 is 18.5. The zero-order chi connectivity index (χ0) is 26.7. The fourth-order valence-corrected chi connectivity index (χ4v) is 4.38. The number of nitrogens with one attached hydrogen (secondary N) is 2. The lowest BCUT2D eigenvalue weighted by Crippen LogP contribution is -2.44. The van der Waals surface area contributed by atoms with Crippen LogP contribution in [0.4, 0.5) is 0 Å². The minimum atomic E-state index is -1.37. The van der Waals surface area contributed by atoms with Crippen LogP contribution in [0.1, 0.15) is 28.6 Å². The second kappa shape index (κ2) is 11.6. The number of carboxylic acid groups (broad SMARTS) is 1. The van der Waals surface area contributed by atoms with Crippen LogP contribution in [0.25, 0.3) is 0 Å². The molecule has 14 heteroatoms. The third-order valence-corrected chi connectivity index (χ3v) is 6.39. The molecule has 8 N–H and O–H groups in total. The van der Waals surface area contributed by atoms with Crippen molar-refractivity contribution in [2.75, 3.05) is 13.1 Å². The Balaban J connectivity index is 1.47. The Morgan fingerprint density at radius 2 is 1.89 bits per heavy atom. The van der Waals surface area contributed by atoms with E-state index in [0.29, 0.717) is 6.54 Å². The molecule has 0 bridgehead atoms. The van der Waals surface area contributed by atoms with Crippen molar-refractivity contribution < 1.29 is 39.4 Å². The van der Waals surface area contributed by atoms with Crippen LogP contribution in [0.2, 0.25) is 0 Å². The van der Waals surface area contributed by atoms with E-state index in [0.717, 1.165) is 16.2 Å². The van der Waals surface area contributed by atoms with Gasteiger partial charge in [-0.2, -0.15) is 0 Å². The number of aliphatic hydroxyl groups is 3. The SMILES string of the molecule is NC[C@H]1O[C@@H](O[C@@H](CNCc2ccc(C(=O)O)cc2)[C@@H]2C[C@@H](O)[C@H](n3ccc(=O)[nH]c3=O)O2)[C@H](O)[C@@H]1O. The van der Waals surface area contributed by atoms with Crippen LogP contribution in [-0.4, -0.2) is 91.9 Å². The van der Waals surface area contributed by atoms with E-state index >= 15 is 0 Å². The second-order valence-electron chi connectivity index (χ2n) is 8.95. The maximum atomic E-state index is 12.2. The average Bonchev–Trinajstić information content (AvgIpc) is 3.38. The molecule has 0 radical (unpaired) electrons. The molecule has 2 aromatic rings. The molecule has 37 heavy (non-hydrogen) atoms. The first-order valence-corrected chi connectivity index (χ1v) is 11.7. The van der Waals surface area contributed by atoms with Crippen LogP contribution in [0, 0.1) is 0 Å². The van der Waals surface area contributed by atoms with Crippen molar-refractivity contribution in [1.29, 1.82) is 0 Å². The fraction of sp³-hybridized carbons (Fsp3) is 0.522. The van der Waals surface area contributed by atoms with Crippen LogP contribution in [-0.2, 0) is 20.8 Å². The third-order valence-electron chi connectivity index (χ3n) is 6.39. The van der Waals surface area contributed by atoms with Gasteiger partial charge in [-0.05, 0) is 17.7 Å². The Kier molecular flexibility index (Phi) is 8.51. The zero-order valence-corrected chi connectivity index (χ0v) is 19.7. The van der Waals surface area contributed by atoms with E-state index in [1.165, 1.54) is 18.3 Å². The van der Waals surface area contributed by atoms with Gasteiger partial charge in [-0.3, -0.25) is 14.3 Å². The van der Waals surface area contributed by atoms with Crippen LogP contribution in [0.15, 0.2) is 46.1 Å². The van der Waals surface area contributed by atoms with Crippen LogP contribution in [0.5, 0.6) is 0 Å². The number of ether oxygens (including phenoxy) is 3. The van der Waals surface area contributed by atoms with Crippen LogP contribution in [0.3, 0.4) is 0 Å². The molecule has 2 fully saturated rings. The highest BCUT2D eigenvalue weighted by Gasteiger charge is 2.46. The molecule has 4 rings (SSSR count). The van der Waals surface area contributed by atoms with Gasteiger partial charge < -0.3 is 45.7 Å². The Labute approximate surface area is 210 Å². The number of benzene rings is 1. The van der Waals surface area contributed by atoms with Crippen molar-refractivity contribution >= 4 is 5.97 Å². The number of H-pyrrole nitrogens is 1. The Morgan fingerprint density at radius 1 is 1.16 bits per heavy atom. The third kappa shape index (κ3) is 6.14. The van der Waals surface area contributed by atoms with Crippen molar-refractivity contribution in [1.82, 2.24) is 14.9 Å². The van der Waals surface area contributed by atoms with E-state index in [-0.39, 0.29) is 25.1 Å². The maximum absolute atomic E-state index is 12.2. The van der Waals surface area contributed by atoms with Crippen LogP contribution >= 0.6 is 0 Å². The lowest BCUT2D eigenvalue weighted by molar-refractivity contribution is -0.213. The van der Waals surface area contributed by atoms with Gasteiger partial charge in [0.1, 0.15) is 24.4 Å². The quantitative estimate of drug-likeness (QED) is 0.172. The van der Waals surface area contributed by atoms with Gasteiger partial charge in [0.2, 0.25) is 0 Å². The van der Waals surface area contributed by atoms with Crippen molar-refractivity contribution in [3.8, 4) is 0 Å². The first kappa shape index (κ1) is 27.1. The molecule has 202 valence electrons. The largest absolute Gasteiger partial charge is 0.478 e. The summed E-state index contributed by atoms with van der Waals surface area (Å²) in [6, 6.07) is 7.41. The monoisotopic (exact) mass is 522 g/mol. The van der Waals surface area contributed by atoms with Crippen molar-refractivity contribution in [3.63, 3.8) is 0 Å². The Morgan fingerprint density at radius 3 is 2.51 bits per heavy atom. The summed E-state index contributed by atoms with van der Waals surface area (Å²) in [5, 5.41) is 43.4. The number of carbonyl (C=O) groups is 1. The number of aliphatic hydroxyl groups excluding tert-OH is 3. The van der Waals surface area contributed by atoms with E-state index in [9.17, 15) is 29.7 Å². The lowest BCUT2D eigenvalue weighted by atomic mass is 10.1. The van der Waals surface area contributed by atoms with Gasteiger partial charge in [0, 0.05) is 38.3 Å². The van der Waals surface area contributed by atoms with Gasteiger partial charge >= 0.3 is 11.7 Å². The molecule has 2 saturated heterocycles. The maximum Gasteiger partial charge on any atom is 0.335 e. The summed E-state index contributed by atoms with van der Waals surface area (Å²) in [6.07, 6.45) is -7.20. The topological polar surface area (TPSA) is 219 Å². The smallest absolute Gasteiger partial charge is 0.335 e. The molecule has 0 aliphatic carbocycles. The van der Waals surface area contributed by atoms with E-state index in [4.69, 9.17) is 25.1 Å². The summed E-state index contributed by atoms with van der Waals surface area (Å²) in [4.78, 5) is 36.8. The highest BCUT2D eigenvalue weighted by atomic mass is 16.7. The lowest BCUT2D eigenvalue weighted by Gasteiger charge is -2.28. The molecule has 3 heterocycles. The first-order chi connectivity index (χ1) is 17.7. The molecule has 14 nitrogen and oxygen atoms in total. The predicted molar refractivity (Wildman–Crippen MR) is 126 cm³/mol. The second-order valence-corrected chi connectivity index (χ2v) is 8.95. The number of aromatic nitrogens is 2.